The summed E-state index contributed by atoms with van der Waals surface area (Å²) >= 11 is 0. The second-order valence-corrected chi connectivity index (χ2v) is 5.13. The van der Waals surface area contributed by atoms with Gasteiger partial charge in [0.05, 0.1) is 17.8 Å². The Labute approximate surface area is 115 Å². The lowest BCUT2D eigenvalue weighted by Gasteiger charge is -2.21. The van der Waals surface area contributed by atoms with Gasteiger partial charge in [-0.1, -0.05) is 18.2 Å². The van der Waals surface area contributed by atoms with Crippen LogP contribution < -0.4 is 10.7 Å². The summed E-state index contributed by atoms with van der Waals surface area (Å²) in [6, 6.07) is 7.31. The van der Waals surface area contributed by atoms with E-state index in [0.717, 1.165) is 36.0 Å². The quantitative estimate of drug-likeness (QED) is 0.786. The lowest BCUT2D eigenvalue weighted by molar-refractivity contribution is 0.0790. The summed E-state index contributed by atoms with van der Waals surface area (Å²) in [5.41, 5.74) is 1.72. The van der Waals surface area contributed by atoms with Crippen molar-refractivity contribution in [2.75, 3.05) is 13.2 Å². The van der Waals surface area contributed by atoms with Crippen LogP contribution in [0, 0.1) is 0 Å². The lowest BCUT2D eigenvalue weighted by atomic mass is 9.96. The highest BCUT2D eigenvalue weighted by Crippen LogP contribution is 2.22. The molecule has 20 heavy (non-hydrogen) atoms. The largest absolute Gasteiger partial charge is 0.381 e. The molecule has 4 rings (SSSR count). The zero-order chi connectivity index (χ0) is 13.5. The number of hydrogen-bond donors (Lipinski definition) is 0. The molecule has 2 aliphatic heterocycles. The molecule has 1 aromatic heterocycles. The fourth-order valence-electron chi connectivity index (χ4n) is 2.88. The molecule has 5 nitrogen and oxygen atoms in total. The van der Waals surface area contributed by atoms with Crippen LogP contribution >= 0.6 is 0 Å². The first-order valence-corrected chi connectivity index (χ1v) is 6.81. The van der Waals surface area contributed by atoms with E-state index in [-0.39, 0.29) is 5.92 Å². The summed E-state index contributed by atoms with van der Waals surface area (Å²) in [7, 11) is 0. The molecule has 5 heteroatoms. The zero-order valence-electron chi connectivity index (χ0n) is 10.9. The summed E-state index contributed by atoms with van der Waals surface area (Å²) in [6.07, 6.45) is 2.03. The first kappa shape index (κ1) is 11.7. The van der Waals surface area contributed by atoms with Crippen molar-refractivity contribution in [1.29, 1.82) is 0 Å². The number of urea groups is 1. The highest BCUT2D eigenvalue weighted by molar-refractivity contribution is 5.84. The molecule has 2 aromatic rings. The molecular weight excluding hydrogens is 254 g/mol. The number of carbonyl (C=O) groups is 1. The molecule has 0 radical (unpaired) electrons. The Hall–Kier alpha value is -2.14. The first-order valence-electron chi connectivity index (χ1n) is 6.81. The molecule has 2 aliphatic rings. The maximum Gasteiger partial charge on any atom is 0.368 e. The van der Waals surface area contributed by atoms with Crippen LogP contribution in [0.3, 0.4) is 0 Å². The zero-order valence-corrected chi connectivity index (χ0v) is 10.9. The van der Waals surface area contributed by atoms with Gasteiger partial charge in [-0.2, -0.15) is 9.98 Å². The predicted octanol–water partition coefficient (Wildman–Crippen LogP) is 1.50. The number of carbonyl (C=O) groups excluding carboxylic acids is 1. The van der Waals surface area contributed by atoms with E-state index < -0.39 is 6.03 Å². The van der Waals surface area contributed by atoms with E-state index in [4.69, 9.17) is 9.72 Å². The Kier molecular flexibility index (Phi) is 2.60. The van der Waals surface area contributed by atoms with Crippen LogP contribution in [0.4, 0.5) is 4.79 Å². The van der Waals surface area contributed by atoms with Crippen molar-refractivity contribution in [3.8, 4) is 0 Å². The average molecular weight is 267 g/mol. The SMILES string of the molecule is O=C1N=c2c([C@H]3CCCOC3)nc3ccccc3c2=N1. The molecule has 1 aromatic carbocycles. The Balaban J connectivity index is 2.03. The maximum atomic E-state index is 11.6. The number of rotatable bonds is 1. The van der Waals surface area contributed by atoms with Crippen LogP contribution in [0.25, 0.3) is 10.9 Å². The van der Waals surface area contributed by atoms with Gasteiger partial charge < -0.3 is 4.74 Å². The normalized spacial score (nSPS) is 21.4. The number of nitrogens with zero attached hydrogens (tertiary/aromatic N) is 3. The highest BCUT2D eigenvalue weighted by atomic mass is 16.5. The number of amides is 2. The Morgan fingerprint density at radius 3 is 2.85 bits per heavy atom. The number of benzene rings is 1. The summed E-state index contributed by atoms with van der Waals surface area (Å²) in [4.78, 5) is 24.4. The van der Waals surface area contributed by atoms with E-state index in [2.05, 4.69) is 9.98 Å². The maximum absolute atomic E-state index is 11.6. The Bertz CT molecular complexity index is 823. The van der Waals surface area contributed by atoms with Crippen LogP contribution in [-0.4, -0.2) is 24.2 Å². The third-order valence-corrected chi connectivity index (χ3v) is 3.83. The van der Waals surface area contributed by atoms with Crippen molar-refractivity contribution in [2.45, 2.75) is 18.8 Å². The van der Waals surface area contributed by atoms with E-state index in [1.54, 1.807) is 0 Å². The molecule has 0 saturated carbocycles. The van der Waals surface area contributed by atoms with Gasteiger partial charge in [0.1, 0.15) is 10.7 Å². The summed E-state index contributed by atoms with van der Waals surface area (Å²) < 4.78 is 5.54. The van der Waals surface area contributed by atoms with Crippen LogP contribution in [0.1, 0.15) is 24.5 Å². The molecule has 0 unspecified atom stereocenters. The highest BCUT2D eigenvalue weighted by Gasteiger charge is 2.23. The number of hydrogen-bond acceptors (Lipinski definition) is 3. The van der Waals surface area contributed by atoms with Crippen molar-refractivity contribution in [2.24, 2.45) is 9.98 Å². The van der Waals surface area contributed by atoms with Crippen molar-refractivity contribution < 1.29 is 9.53 Å². The lowest BCUT2D eigenvalue weighted by Crippen LogP contribution is -2.33. The summed E-state index contributed by atoms with van der Waals surface area (Å²) in [5, 5.41) is 2.20. The number of ether oxygens (including phenoxy) is 1. The molecule has 1 fully saturated rings. The molecule has 1 saturated heterocycles. The molecule has 2 amide bonds. The van der Waals surface area contributed by atoms with E-state index in [9.17, 15) is 4.79 Å². The number of para-hydroxylation sites is 1. The van der Waals surface area contributed by atoms with Gasteiger partial charge in [-0.3, -0.25) is 4.98 Å². The van der Waals surface area contributed by atoms with Gasteiger partial charge in [-0.25, -0.2) is 4.79 Å². The number of pyridine rings is 1. The van der Waals surface area contributed by atoms with Gasteiger partial charge in [0, 0.05) is 17.9 Å². The number of fused-ring (bicyclic) bond motifs is 3. The fourth-order valence-corrected chi connectivity index (χ4v) is 2.88. The molecule has 0 N–H and O–H groups in total. The van der Waals surface area contributed by atoms with Gasteiger partial charge in [0.2, 0.25) is 0 Å². The second-order valence-electron chi connectivity index (χ2n) is 5.13. The van der Waals surface area contributed by atoms with Gasteiger partial charge in [-0.05, 0) is 18.9 Å². The topological polar surface area (TPSA) is 63.9 Å². The van der Waals surface area contributed by atoms with E-state index in [1.165, 1.54) is 0 Å². The molecule has 0 bridgehead atoms. The smallest absolute Gasteiger partial charge is 0.368 e. The molecular formula is C15H13N3O2. The third-order valence-electron chi connectivity index (χ3n) is 3.83. The molecule has 100 valence electrons. The van der Waals surface area contributed by atoms with E-state index >= 15 is 0 Å². The van der Waals surface area contributed by atoms with Crippen LogP contribution in [-0.2, 0) is 4.74 Å². The van der Waals surface area contributed by atoms with Crippen molar-refractivity contribution >= 4 is 16.9 Å². The van der Waals surface area contributed by atoms with E-state index in [0.29, 0.717) is 17.3 Å². The van der Waals surface area contributed by atoms with Gasteiger partial charge in [0.15, 0.2) is 0 Å². The second kappa shape index (κ2) is 4.45. The summed E-state index contributed by atoms with van der Waals surface area (Å²) in [5.74, 6) is 0.201. The van der Waals surface area contributed by atoms with Crippen molar-refractivity contribution in [3.05, 3.63) is 40.7 Å². The van der Waals surface area contributed by atoms with Crippen LogP contribution in [0.15, 0.2) is 34.3 Å². The molecule has 1 atom stereocenters. The standard InChI is InChI=1S/C15H13N3O2/c19-15-17-13-10-5-1-2-6-11(10)16-12(14(13)18-15)9-4-3-7-20-8-9/h1-2,5-6,9H,3-4,7-8H2/t9-/m0/s1. The average Bonchev–Trinajstić information content (AvgIpc) is 2.89. The molecule has 0 spiro atoms. The predicted molar refractivity (Wildman–Crippen MR) is 72.2 cm³/mol. The van der Waals surface area contributed by atoms with Gasteiger partial charge in [0.25, 0.3) is 0 Å². The first-order chi connectivity index (χ1) is 9.83. The molecule has 3 heterocycles. The van der Waals surface area contributed by atoms with Gasteiger partial charge in [-0.15, -0.1) is 0 Å². The van der Waals surface area contributed by atoms with Gasteiger partial charge >= 0.3 is 6.03 Å². The van der Waals surface area contributed by atoms with Crippen molar-refractivity contribution in [3.63, 3.8) is 0 Å². The Morgan fingerprint density at radius 1 is 1.15 bits per heavy atom. The van der Waals surface area contributed by atoms with Crippen molar-refractivity contribution in [1.82, 2.24) is 4.98 Å². The molecule has 0 aliphatic carbocycles. The van der Waals surface area contributed by atoms with Crippen LogP contribution in [0.5, 0.6) is 0 Å². The third kappa shape index (κ3) is 1.74. The summed E-state index contributed by atoms with van der Waals surface area (Å²) in [6.45, 7) is 1.44. The van der Waals surface area contributed by atoms with Crippen LogP contribution in [0.2, 0.25) is 0 Å². The fraction of sp³-hybridized carbons (Fsp3) is 0.333. The number of aromatic nitrogens is 1. The minimum absolute atomic E-state index is 0.201. The monoisotopic (exact) mass is 267 g/mol. The minimum atomic E-state index is -0.434. The van der Waals surface area contributed by atoms with E-state index in [1.807, 2.05) is 24.3 Å². The Morgan fingerprint density at radius 2 is 2.00 bits per heavy atom. The minimum Gasteiger partial charge on any atom is -0.381 e.